The number of halogens is 2. The number of hydrogen-bond donors (Lipinski definition) is 3. The Bertz CT molecular complexity index is 907. The molecule has 148 valence electrons. The maximum atomic E-state index is 13.7. The van der Waals surface area contributed by atoms with Gasteiger partial charge < -0.3 is 25.4 Å². The van der Waals surface area contributed by atoms with Crippen LogP contribution in [0.25, 0.3) is 0 Å². The zero-order valence-electron chi connectivity index (χ0n) is 15.1. The van der Waals surface area contributed by atoms with Gasteiger partial charge in [-0.3, -0.25) is 4.79 Å². The molecule has 0 unspecified atom stereocenters. The van der Waals surface area contributed by atoms with E-state index in [2.05, 4.69) is 16.0 Å². The van der Waals surface area contributed by atoms with Gasteiger partial charge in [0.2, 0.25) is 5.91 Å². The summed E-state index contributed by atoms with van der Waals surface area (Å²) in [6, 6.07) is 7.07. The number of ether oxygens (including phenoxy) is 2. The van der Waals surface area contributed by atoms with Crippen molar-refractivity contribution >= 4 is 34.9 Å². The number of urea groups is 1. The third kappa shape index (κ3) is 5.11. The predicted octanol–water partition coefficient (Wildman–Crippen LogP) is 3.67. The lowest BCUT2D eigenvalue weighted by molar-refractivity contribution is -0.114. The van der Waals surface area contributed by atoms with Crippen LogP contribution >= 0.6 is 11.6 Å². The Morgan fingerprint density at radius 1 is 1.21 bits per heavy atom. The molecular formula is C19H19ClFN3O4. The average Bonchev–Trinajstić information content (AvgIpc) is 2.63. The van der Waals surface area contributed by atoms with Gasteiger partial charge in [0, 0.05) is 24.7 Å². The molecule has 28 heavy (non-hydrogen) atoms. The first kappa shape index (κ1) is 19.9. The van der Waals surface area contributed by atoms with Gasteiger partial charge in [0.05, 0.1) is 17.3 Å². The number of anilines is 2. The van der Waals surface area contributed by atoms with Crippen LogP contribution in [-0.2, 0) is 22.6 Å². The number of amides is 3. The van der Waals surface area contributed by atoms with Crippen LogP contribution in [-0.4, -0.2) is 25.3 Å². The van der Waals surface area contributed by atoms with Crippen molar-refractivity contribution in [3.63, 3.8) is 0 Å². The summed E-state index contributed by atoms with van der Waals surface area (Å²) in [7, 11) is 0. The molecule has 0 atom stereocenters. The Balaban J connectivity index is 1.55. The number of carbonyl (C=O) groups is 2. The van der Waals surface area contributed by atoms with Crippen LogP contribution in [0.4, 0.5) is 20.6 Å². The van der Waals surface area contributed by atoms with E-state index >= 15 is 0 Å². The highest BCUT2D eigenvalue weighted by atomic mass is 35.5. The summed E-state index contributed by atoms with van der Waals surface area (Å²) in [5.41, 5.74) is 2.24. The molecule has 2 aromatic rings. The highest BCUT2D eigenvalue weighted by Crippen LogP contribution is 2.29. The summed E-state index contributed by atoms with van der Waals surface area (Å²) in [6.45, 7) is 2.07. The summed E-state index contributed by atoms with van der Waals surface area (Å²) in [5, 5.41) is 8.21. The van der Waals surface area contributed by atoms with Crippen molar-refractivity contribution in [2.24, 2.45) is 0 Å². The Kier molecular flexibility index (Phi) is 6.33. The van der Waals surface area contributed by atoms with Crippen molar-refractivity contribution < 1.29 is 23.5 Å². The second-order valence-electron chi connectivity index (χ2n) is 6.17. The fraction of sp³-hybridized carbons (Fsp3) is 0.263. The number of nitrogens with one attached hydrogen (secondary N) is 3. The molecule has 1 heterocycles. The van der Waals surface area contributed by atoms with Crippen LogP contribution in [0.5, 0.6) is 5.75 Å². The minimum absolute atomic E-state index is 0.118. The van der Waals surface area contributed by atoms with E-state index in [0.29, 0.717) is 41.3 Å². The van der Waals surface area contributed by atoms with E-state index < -0.39 is 6.03 Å². The van der Waals surface area contributed by atoms with Gasteiger partial charge >= 0.3 is 6.03 Å². The lowest BCUT2D eigenvalue weighted by Gasteiger charge is -2.21. The van der Waals surface area contributed by atoms with E-state index in [-0.39, 0.29) is 30.1 Å². The van der Waals surface area contributed by atoms with Crippen molar-refractivity contribution in [1.29, 1.82) is 0 Å². The van der Waals surface area contributed by atoms with Crippen LogP contribution in [0.2, 0.25) is 5.02 Å². The molecule has 0 saturated carbocycles. The number of fused-ring (bicyclic) bond motifs is 1. The van der Waals surface area contributed by atoms with Gasteiger partial charge in [-0.2, -0.15) is 0 Å². The van der Waals surface area contributed by atoms with Crippen LogP contribution < -0.4 is 20.7 Å². The molecule has 7 nitrogen and oxygen atoms in total. The Morgan fingerprint density at radius 3 is 2.79 bits per heavy atom. The molecule has 3 rings (SSSR count). The van der Waals surface area contributed by atoms with Crippen LogP contribution in [0.15, 0.2) is 30.3 Å². The van der Waals surface area contributed by atoms with Gasteiger partial charge in [-0.1, -0.05) is 11.6 Å². The van der Waals surface area contributed by atoms with Crippen LogP contribution in [0, 0.1) is 5.82 Å². The van der Waals surface area contributed by atoms with Gasteiger partial charge in [-0.05, 0) is 42.3 Å². The maximum absolute atomic E-state index is 13.7. The van der Waals surface area contributed by atoms with Crippen molar-refractivity contribution in [3.05, 3.63) is 52.3 Å². The summed E-state index contributed by atoms with van der Waals surface area (Å²) in [4.78, 5) is 23.2. The van der Waals surface area contributed by atoms with E-state index in [4.69, 9.17) is 21.1 Å². The van der Waals surface area contributed by atoms with Crippen molar-refractivity contribution in [3.8, 4) is 5.75 Å². The molecule has 0 spiro atoms. The smallest absolute Gasteiger partial charge is 0.319 e. The second kappa shape index (κ2) is 8.90. The van der Waals surface area contributed by atoms with E-state index in [1.54, 1.807) is 12.1 Å². The first-order chi connectivity index (χ1) is 13.4. The van der Waals surface area contributed by atoms with Crippen molar-refractivity contribution in [2.45, 2.75) is 20.0 Å². The first-order valence-corrected chi connectivity index (χ1v) is 8.94. The van der Waals surface area contributed by atoms with E-state index in [1.165, 1.54) is 25.1 Å². The zero-order chi connectivity index (χ0) is 20.1. The molecule has 0 radical (unpaired) electrons. The van der Waals surface area contributed by atoms with Gasteiger partial charge in [0.15, 0.2) is 6.79 Å². The summed E-state index contributed by atoms with van der Waals surface area (Å²) >= 11 is 6.12. The Morgan fingerprint density at radius 2 is 2.04 bits per heavy atom. The molecular weight excluding hydrogens is 389 g/mol. The number of hydrogen-bond acceptors (Lipinski definition) is 4. The fourth-order valence-electron chi connectivity index (χ4n) is 2.82. The molecule has 1 aliphatic heterocycles. The molecule has 0 aromatic heterocycles. The lowest BCUT2D eigenvalue weighted by Crippen LogP contribution is -2.30. The number of rotatable bonds is 5. The monoisotopic (exact) mass is 407 g/mol. The summed E-state index contributed by atoms with van der Waals surface area (Å²) in [6.07, 6.45) is 0.392. The lowest BCUT2D eigenvalue weighted by atomic mass is 10.1. The third-order valence-corrected chi connectivity index (χ3v) is 4.28. The normalized spacial score (nSPS) is 12.5. The largest absolute Gasteiger partial charge is 0.467 e. The molecule has 1 aliphatic rings. The second-order valence-corrected chi connectivity index (χ2v) is 6.58. The third-order valence-electron chi connectivity index (χ3n) is 3.97. The highest BCUT2D eigenvalue weighted by molar-refractivity contribution is 6.34. The van der Waals surface area contributed by atoms with Crippen molar-refractivity contribution in [2.75, 3.05) is 24.0 Å². The Labute approximate surface area is 166 Å². The van der Waals surface area contributed by atoms with Gasteiger partial charge in [0.25, 0.3) is 0 Å². The van der Waals surface area contributed by atoms with Crippen molar-refractivity contribution in [1.82, 2.24) is 5.32 Å². The van der Waals surface area contributed by atoms with Crippen LogP contribution in [0.3, 0.4) is 0 Å². The summed E-state index contributed by atoms with van der Waals surface area (Å²) < 4.78 is 24.3. The van der Waals surface area contributed by atoms with Gasteiger partial charge in [-0.25, -0.2) is 9.18 Å². The maximum Gasteiger partial charge on any atom is 0.319 e. The zero-order valence-corrected chi connectivity index (χ0v) is 15.9. The van der Waals surface area contributed by atoms with E-state index in [9.17, 15) is 14.0 Å². The predicted molar refractivity (Wildman–Crippen MR) is 103 cm³/mol. The topological polar surface area (TPSA) is 88.7 Å². The molecule has 0 fully saturated rings. The molecule has 9 heteroatoms. The van der Waals surface area contributed by atoms with Gasteiger partial charge in [0.1, 0.15) is 11.6 Å². The minimum atomic E-state index is -0.455. The quantitative estimate of drug-likeness (QED) is 0.705. The number of carbonyl (C=O) groups excluding carboxylic acids is 2. The number of benzene rings is 2. The molecule has 3 N–H and O–H groups in total. The fourth-order valence-corrected chi connectivity index (χ4v) is 3.04. The van der Waals surface area contributed by atoms with Crippen LogP contribution in [0.1, 0.15) is 18.1 Å². The molecule has 3 amide bonds. The minimum Gasteiger partial charge on any atom is -0.467 e. The van der Waals surface area contributed by atoms with E-state index in [1.807, 2.05) is 0 Å². The highest BCUT2D eigenvalue weighted by Gasteiger charge is 2.17. The SMILES string of the molecule is CC(=O)Nc1ccc(NC(=O)NCCc2cc(F)cc3c2OCOC3)c(Cl)c1. The molecule has 0 aliphatic carbocycles. The van der Waals surface area contributed by atoms with E-state index in [0.717, 1.165) is 0 Å². The molecule has 2 aromatic carbocycles. The van der Waals surface area contributed by atoms with Gasteiger partial charge in [-0.15, -0.1) is 0 Å². The standard InChI is InChI=1S/C19H19ClFN3O4/c1-11(25)23-15-2-3-17(16(20)8-15)24-19(26)22-5-4-12-6-14(21)7-13-9-27-10-28-18(12)13/h2-3,6-8H,4-5,9-10H2,1H3,(H,23,25)(H2,22,24,26). The molecule has 0 saturated heterocycles. The summed E-state index contributed by atoms with van der Waals surface area (Å²) in [5.74, 6) is 0.00871. The average molecular weight is 408 g/mol. The molecule has 0 bridgehead atoms. The first-order valence-electron chi connectivity index (χ1n) is 8.56. The Hall–Kier alpha value is -2.84.